The minimum Gasteiger partial charge on any atom is -0.381 e. The van der Waals surface area contributed by atoms with Crippen molar-refractivity contribution in [1.82, 2.24) is 15.4 Å². The van der Waals surface area contributed by atoms with E-state index in [1.165, 1.54) is 18.0 Å². The molecule has 0 aliphatic carbocycles. The molecule has 6 nitrogen and oxygen atoms in total. The van der Waals surface area contributed by atoms with Crippen LogP contribution in [0, 0.1) is 0 Å². The number of nitrogens with one attached hydrogen (secondary N) is 1. The molecule has 1 aromatic heterocycles. The molecule has 0 atom stereocenters. The Kier molecular flexibility index (Phi) is 4.14. The number of hydrogen-bond acceptors (Lipinski definition) is 6. The maximum Gasteiger partial charge on any atom is 0.234 e. The van der Waals surface area contributed by atoms with Gasteiger partial charge in [-0.1, -0.05) is 0 Å². The molecule has 1 aromatic rings. The first-order chi connectivity index (χ1) is 6.74. The Balaban J connectivity index is 2.39. The number of aromatic nitrogens is 2. The van der Waals surface area contributed by atoms with Gasteiger partial charge in [0.05, 0.1) is 0 Å². The van der Waals surface area contributed by atoms with Crippen LogP contribution in [-0.2, 0) is 4.79 Å². The number of carbonyl (C=O) groups excluding carboxylic acids is 1. The predicted molar refractivity (Wildman–Crippen MR) is 54.1 cm³/mol. The highest BCUT2D eigenvalue weighted by Crippen LogP contribution is 2.19. The molecule has 0 aliphatic rings. The number of nitrogens with two attached hydrogens (primary N) is 2. The van der Waals surface area contributed by atoms with Crippen molar-refractivity contribution >= 4 is 23.5 Å². The van der Waals surface area contributed by atoms with E-state index in [1.54, 1.807) is 6.20 Å². The van der Waals surface area contributed by atoms with Crippen LogP contribution in [-0.4, -0.2) is 21.6 Å². The van der Waals surface area contributed by atoms with Crippen LogP contribution in [0.2, 0.25) is 0 Å². The van der Waals surface area contributed by atoms with Crippen molar-refractivity contribution in [3.8, 4) is 0 Å². The van der Waals surface area contributed by atoms with E-state index in [9.17, 15) is 4.79 Å². The third-order valence-corrected chi connectivity index (χ3v) is 2.42. The molecule has 0 bridgehead atoms. The van der Waals surface area contributed by atoms with Crippen LogP contribution in [0.25, 0.3) is 0 Å². The number of hydrogen-bond donors (Lipinski definition) is 3. The molecule has 1 heterocycles. The van der Waals surface area contributed by atoms with E-state index in [1.807, 2.05) is 5.43 Å². The molecule has 76 valence electrons. The summed E-state index contributed by atoms with van der Waals surface area (Å²) in [4.78, 5) is 18.6. The van der Waals surface area contributed by atoms with Crippen molar-refractivity contribution < 1.29 is 4.79 Å². The van der Waals surface area contributed by atoms with Gasteiger partial charge in [0.15, 0.2) is 5.82 Å². The fourth-order valence-electron chi connectivity index (χ4n) is 0.760. The van der Waals surface area contributed by atoms with Crippen LogP contribution < -0.4 is 17.0 Å². The smallest absolute Gasteiger partial charge is 0.234 e. The minimum absolute atomic E-state index is 0.208. The third-order valence-electron chi connectivity index (χ3n) is 1.42. The van der Waals surface area contributed by atoms with Crippen molar-refractivity contribution in [3.05, 3.63) is 12.4 Å². The normalized spacial score (nSPS) is 9.79. The molecular formula is C7H11N5OS. The van der Waals surface area contributed by atoms with Crippen LogP contribution in [0.5, 0.6) is 0 Å². The van der Waals surface area contributed by atoms with E-state index in [4.69, 9.17) is 11.6 Å². The number of carbonyl (C=O) groups is 1. The molecule has 0 aromatic carbocycles. The molecule has 7 heteroatoms. The number of nitrogens with zero attached hydrogens (tertiary/aromatic N) is 2. The van der Waals surface area contributed by atoms with E-state index < -0.39 is 0 Å². The topological polar surface area (TPSA) is 107 Å². The van der Waals surface area contributed by atoms with Gasteiger partial charge in [0, 0.05) is 24.6 Å². The van der Waals surface area contributed by atoms with Crippen LogP contribution >= 0.6 is 11.8 Å². The molecule has 0 unspecified atom stereocenters. The first-order valence-electron chi connectivity index (χ1n) is 3.92. The summed E-state index contributed by atoms with van der Waals surface area (Å²) in [7, 11) is 0. The van der Waals surface area contributed by atoms with Gasteiger partial charge in [0.1, 0.15) is 5.03 Å². The molecule has 0 saturated carbocycles. The first-order valence-corrected chi connectivity index (χ1v) is 4.91. The first kappa shape index (κ1) is 10.7. The lowest BCUT2D eigenvalue weighted by Crippen LogP contribution is -2.30. The van der Waals surface area contributed by atoms with E-state index in [0.717, 1.165) is 0 Å². The lowest BCUT2D eigenvalue weighted by molar-refractivity contribution is -0.120. The number of anilines is 1. The summed E-state index contributed by atoms with van der Waals surface area (Å²) in [6, 6.07) is 0. The number of nitrogen functional groups attached to an aromatic ring is 1. The van der Waals surface area contributed by atoms with Gasteiger partial charge in [-0.05, 0) is 0 Å². The van der Waals surface area contributed by atoms with Crippen molar-refractivity contribution in [1.29, 1.82) is 0 Å². The molecule has 0 radical (unpaired) electrons. The summed E-state index contributed by atoms with van der Waals surface area (Å²) < 4.78 is 0. The highest BCUT2D eigenvalue weighted by molar-refractivity contribution is 7.99. The molecule has 0 aliphatic heterocycles. The highest BCUT2D eigenvalue weighted by Gasteiger charge is 2.03. The van der Waals surface area contributed by atoms with Crippen LogP contribution in [0.1, 0.15) is 6.42 Å². The van der Waals surface area contributed by atoms with Crippen LogP contribution in [0.3, 0.4) is 0 Å². The molecular weight excluding hydrogens is 202 g/mol. The highest BCUT2D eigenvalue weighted by atomic mass is 32.2. The van der Waals surface area contributed by atoms with Gasteiger partial charge < -0.3 is 5.73 Å². The number of rotatable bonds is 4. The zero-order valence-electron chi connectivity index (χ0n) is 7.43. The standard InChI is InChI=1S/C7H11N5OS/c8-6-7(11-3-2-10-6)14-4-1-5(13)12-9/h2-3H,1,4,9H2,(H2,8,10)(H,12,13). The Morgan fingerprint density at radius 1 is 1.50 bits per heavy atom. The Hall–Kier alpha value is -1.34. The molecule has 0 saturated heterocycles. The Morgan fingerprint density at radius 2 is 2.21 bits per heavy atom. The van der Waals surface area contributed by atoms with Gasteiger partial charge in [-0.15, -0.1) is 11.8 Å². The summed E-state index contributed by atoms with van der Waals surface area (Å²) in [6.07, 6.45) is 3.41. The van der Waals surface area contributed by atoms with E-state index in [-0.39, 0.29) is 5.91 Å². The second-order valence-corrected chi connectivity index (χ2v) is 3.50. The molecule has 14 heavy (non-hydrogen) atoms. The fourth-order valence-corrected chi connectivity index (χ4v) is 1.58. The number of thioether (sulfide) groups is 1. The van der Waals surface area contributed by atoms with Gasteiger partial charge in [0.25, 0.3) is 0 Å². The largest absolute Gasteiger partial charge is 0.381 e. The molecule has 1 amide bonds. The average molecular weight is 213 g/mol. The summed E-state index contributed by atoms with van der Waals surface area (Å²) in [5.41, 5.74) is 7.60. The van der Waals surface area contributed by atoms with Crippen LogP contribution in [0.4, 0.5) is 5.82 Å². The number of hydrazine groups is 1. The number of amides is 1. The molecule has 0 spiro atoms. The Morgan fingerprint density at radius 3 is 2.86 bits per heavy atom. The maximum absolute atomic E-state index is 10.8. The SMILES string of the molecule is NNC(=O)CCSc1nccnc1N. The monoisotopic (exact) mass is 213 g/mol. The second kappa shape index (κ2) is 5.40. The quantitative estimate of drug-likeness (QED) is 0.270. The van der Waals surface area contributed by atoms with E-state index >= 15 is 0 Å². The average Bonchev–Trinajstić information content (AvgIpc) is 2.20. The lowest BCUT2D eigenvalue weighted by atomic mass is 10.5. The van der Waals surface area contributed by atoms with Gasteiger partial charge in [-0.25, -0.2) is 15.8 Å². The van der Waals surface area contributed by atoms with Crippen molar-refractivity contribution in [2.24, 2.45) is 5.84 Å². The second-order valence-electron chi connectivity index (χ2n) is 2.41. The minimum atomic E-state index is -0.208. The van der Waals surface area contributed by atoms with Gasteiger partial charge in [-0.2, -0.15) is 0 Å². The summed E-state index contributed by atoms with van der Waals surface area (Å²) in [5.74, 6) is 5.67. The van der Waals surface area contributed by atoms with E-state index in [2.05, 4.69) is 9.97 Å². The van der Waals surface area contributed by atoms with Gasteiger partial charge >= 0.3 is 0 Å². The summed E-state index contributed by atoms with van der Waals surface area (Å²) in [6.45, 7) is 0. The zero-order chi connectivity index (χ0) is 10.4. The predicted octanol–water partition coefficient (Wildman–Crippen LogP) is -0.469. The third kappa shape index (κ3) is 3.19. The Bertz CT molecular complexity index is 319. The van der Waals surface area contributed by atoms with Crippen LogP contribution in [0.15, 0.2) is 17.4 Å². The van der Waals surface area contributed by atoms with E-state index in [0.29, 0.717) is 23.0 Å². The maximum atomic E-state index is 10.8. The molecule has 0 fully saturated rings. The van der Waals surface area contributed by atoms with Crippen molar-refractivity contribution in [2.45, 2.75) is 11.4 Å². The van der Waals surface area contributed by atoms with Crippen molar-refractivity contribution in [2.75, 3.05) is 11.5 Å². The lowest BCUT2D eigenvalue weighted by Gasteiger charge is -2.01. The van der Waals surface area contributed by atoms with Gasteiger partial charge in [-0.3, -0.25) is 10.2 Å². The summed E-state index contributed by atoms with van der Waals surface area (Å²) >= 11 is 1.38. The zero-order valence-corrected chi connectivity index (χ0v) is 8.25. The fraction of sp³-hybridized carbons (Fsp3) is 0.286. The molecule has 1 rings (SSSR count). The summed E-state index contributed by atoms with van der Waals surface area (Å²) in [5, 5.41) is 0.636. The molecule has 5 N–H and O–H groups in total. The van der Waals surface area contributed by atoms with Crippen molar-refractivity contribution in [3.63, 3.8) is 0 Å². The Labute approximate surface area is 85.4 Å². The van der Waals surface area contributed by atoms with Gasteiger partial charge in [0.2, 0.25) is 5.91 Å².